The normalized spacial score (nSPS) is 18.2. The van der Waals surface area contributed by atoms with E-state index in [0.29, 0.717) is 0 Å². The van der Waals surface area contributed by atoms with Crippen molar-refractivity contribution in [3.63, 3.8) is 0 Å². The van der Waals surface area contributed by atoms with Gasteiger partial charge < -0.3 is 5.73 Å². The van der Waals surface area contributed by atoms with Crippen molar-refractivity contribution in [2.45, 2.75) is 52.0 Å². The van der Waals surface area contributed by atoms with E-state index in [-0.39, 0.29) is 0 Å². The van der Waals surface area contributed by atoms with E-state index in [1.165, 1.54) is 38.5 Å². The van der Waals surface area contributed by atoms with Gasteiger partial charge in [-0.3, -0.25) is 0 Å². The van der Waals surface area contributed by atoms with Crippen molar-refractivity contribution >= 4 is 5.82 Å². The van der Waals surface area contributed by atoms with E-state index in [4.69, 9.17) is 5.73 Å². The molecule has 1 aromatic rings. The van der Waals surface area contributed by atoms with Gasteiger partial charge in [0.2, 0.25) is 0 Å². The minimum Gasteiger partial charge on any atom is -0.384 e. The van der Waals surface area contributed by atoms with E-state index in [9.17, 15) is 0 Å². The zero-order valence-corrected chi connectivity index (χ0v) is 9.58. The van der Waals surface area contributed by atoms with Crippen molar-refractivity contribution in [2.75, 3.05) is 5.73 Å². The number of nitrogen functional groups attached to an aromatic ring is 1. The van der Waals surface area contributed by atoms with Crippen LogP contribution in [0.25, 0.3) is 0 Å². The van der Waals surface area contributed by atoms with Crippen LogP contribution < -0.4 is 5.73 Å². The average molecular weight is 207 g/mol. The quantitative estimate of drug-likeness (QED) is 0.828. The number of hydrogen-bond donors (Lipinski definition) is 1. The molecule has 15 heavy (non-hydrogen) atoms. The van der Waals surface area contributed by atoms with Crippen LogP contribution in [0.1, 0.15) is 44.1 Å². The second-order valence-electron chi connectivity index (χ2n) is 4.73. The Balaban J connectivity index is 1.84. The zero-order chi connectivity index (χ0) is 10.7. The minimum atomic E-state index is 0.839. The molecule has 0 aromatic carbocycles. The summed E-state index contributed by atoms with van der Waals surface area (Å²) in [7, 11) is 0. The van der Waals surface area contributed by atoms with Crippen molar-refractivity contribution in [2.24, 2.45) is 5.92 Å². The molecule has 0 unspecified atom stereocenters. The third kappa shape index (κ3) is 2.52. The van der Waals surface area contributed by atoms with Gasteiger partial charge in [0.25, 0.3) is 0 Å². The molecule has 0 amide bonds. The number of anilines is 1. The first-order valence-electron chi connectivity index (χ1n) is 6.05. The number of nitrogens with two attached hydrogens (primary N) is 1. The lowest BCUT2D eigenvalue weighted by Crippen LogP contribution is -2.12. The van der Waals surface area contributed by atoms with Crippen LogP contribution in [0.3, 0.4) is 0 Å². The smallest absolute Gasteiger partial charge is 0.124 e. The van der Waals surface area contributed by atoms with Gasteiger partial charge in [-0.1, -0.05) is 32.1 Å². The first-order chi connectivity index (χ1) is 7.27. The largest absolute Gasteiger partial charge is 0.384 e. The van der Waals surface area contributed by atoms with Gasteiger partial charge in [0.1, 0.15) is 5.82 Å². The van der Waals surface area contributed by atoms with Crippen molar-refractivity contribution in [1.82, 2.24) is 9.78 Å². The molecule has 0 radical (unpaired) electrons. The molecule has 1 aliphatic rings. The summed E-state index contributed by atoms with van der Waals surface area (Å²) in [4.78, 5) is 0. The third-order valence-corrected chi connectivity index (χ3v) is 3.55. The Morgan fingerprint density at radius 2 is 2.13 bits per heavy atom. The zero-order valence-electron chi connectivity index (χ0n) is 9.58. The van der Waals surface area contributed by atoms with Crippen LogP contribution in [0.2, 0.25) is 0 Å². The highest BCUT2D eigenvalue weighted by Crippen LogP contribution is 2.27. The lowest BCUT2D eigenvalue weighted by Gasteiger charge is -2.21. The van der Waals surface area contributed by atoms with E-state index >= 15 is 0 Å². The van der Waals surface area contributed by atoms with E-state index < -0.39 is 0 Å². The maximum Gasteiger partial charge on any atom is 0.124 e. The molecule has 3 heteroatoms. The van der Waals surface area contributed by atoms with Crippen LogP contribution in [0.5, 0.6) is 0 Å². The van der Waals surface area contributed by atoms with E-state index in [0.717, 1.165) is 23.8 Å². The average Bonchev–Trinajstić information content (AvgIpc) is 2.59. The summed E-state index contributed by atoms with van der Waals surface area (Å²) in [5.74, 6) is 1.74. The summed E-state index contributed by atoms with van der Waals surface area (Å²) in [5, 5.41) is 4.29. The number of rotatable bonds is 3. The number of aryl methyl sites for hydroxylation is 2. The molecule has 1 fully saturated rings. The number of nitrogens with zero attached hydrogens (tertiary/aromatic N) is 2. The minimum absolute atomic E-state index is 0.839. The molecule has 2 N–H and O–H groups in total. The first kappa shape index (κ1) is 10.5. The fourth-order valence-corrected chi connectivity index (χ4v) is 2.45. The van der Waals surface area contributed by atoms with Crippen LogP contribution >= 0.6 is 0 Å². The standard InChI is InChI=1S/C12H21N3/c1-10-9-14-15(12(10)13)8-7-11-5-3-2-4-6-11/h9,11H,2-8,13H2,1H3. The topological polar surface area (TPSA) is 43.8 Å². The molecular formula is C12H21N3. The van der Waals surface area contributed by atoms with Crippen LogP contribution in [-0.2, 0) is 6.54 Å². The second kappa shape index (κ2) is 4.69. The number of aromatic nitrogens is 2. The van der Waals surface area contributed by atoms with E-state index in [1.807, 2.05) is 17.8 Å². The monoisotopic (exact) mass is 207 g/mol. The highest BCUT2D eigenvalue weighted by atomic mass is 15.3. The van der Waals surface area contributed by atoms with Gasteiger partial charge in [-0.25, -0.2) is 4.68 Å². The van der Waals surface area contributed by atoms with Gasteiger partial charge in [0.05, 0.1) is 6.20 Å². The van der Waals surface area contributed by atoms with Crippen molar-refractivity contribution in [1.29, 1.82) is 0 Å². The summed E-state index contributed by atoms with van der Waals surface area (Å²) in [6.45, 7) is 3.00. The molecule has 84 valence electrons. The van der Waals surface area contributed by atoms with Crippen LogP contribution in [0.4, 0.5) is 5.82 Å². The molecule has 0 bridgehead atoms. The fraction of sp³-hybridized carbons (Fsp3) is 0.750. The van der Waals surface area contributed by atoms with Gasteiger partial charge in [-0.05, 0) is 19.3 Å². The summed E-state index contributed by atoms with van der Waals surface area (Å²) in [6, 6.07) is 0. The summed E-state index contributed by atoms with van der Waals surface area (Å²) < 4.78 is 1.95. The first-order valence-corrected chi connectivity index (χ1v) is 6.05. The Bertz CT molecular complexity index is 311. The second-order valence-corrected chi connectivity index (χ2v) is 4.73. The molecule has 0 aliphatic heterocycles. The Hall–Kier alpha value is -0.990. The molecule has 1 aromatic heterocycles. The van der Waals surface area contributed by atoms with Crippen molar-refractivity contribution in [3.05, 3.63) is 11.8 Å². The predicted molar refractivity (Wildman–Crippen MR) is 62.6 cm³/mol. The maximum atomic E-state index is 5.92. The van der Waals surface area contributed by atoms with E-state index in [1.54, 1.807) is 0 Å². The number of hydrogen-bond acceptors (Lipinski definition) is 2. The summed E-state index contributed by atoms with van der Waals surface area (Å²) in [6.07, 6.45) is 10.2. The van der Waals surface area contributed by atoms with Gasteiger partial charge in [-0.2, -0.15) is 5.10 Å². The molecule has 1 saturated carbocycles. The molecule has 0 atom stereocenters. The maximum absolute atomic E-state index is 5.92. The third-order valence-electron chi connectivity index (χ3n) is 3.55. The highest BCUT2D eigenvalue weighted by Gasteiger charge is 2.14. The highest BCUT2D eigenvalue weighted by molar-refractivity contribution is 5.36. The Kier molecular flexibility index (Phi) is 3.29. The van der Waals surface area contributed by atoms with Gasteiger partial charge in [0, 0.05) is 12.1 Å². The Labute approximate surface area is 91.7 Å². The van der Waals surface area contributed by atoms with Crippen molar-refractivity contribution < 1.29 is 0 Å². The SMILES string of the molecule is Cc1cnn(CCC2CCCCC2)c1N. The Morgan fingerprint density at radius 1 is 1.40 bits per heavy atom. The van der Waals surface area contributed by atoms with E-state index in [2.05, 4.69) is 5.10 Å². The molecule has 3 nitrogen and oxygen atoms in total. The van der Waals surface area contributed by atoms with Gasteiger partial charge >= 0.3 is 0 Å². The van der Waals surface area contributed by atoms with Crippen LogP contribution in [0.15, 0.2) is 6.20 Å². The molecule has 0 saturated heterocycles. The van der Waals surface area contributed by atoms with Crippen molar-refractivity contribution in [3.8, 4) is 0 Å². The van der Waals surface area contributed by atoms with Crippen LogP contribution in [0, 0.1) is 12.8 Å². The molecule has 1 aliphatic carbocycles. The van der Waals surface area contributed by atoms with Gasteiger partial charge in [-0.15, -0.1) is 0 Å². The summed E-state index contributed by atoms with van der Waals surface area (Å²) >= 11 is 0. The molecule has 2 rings (SSSR count). The van der Waals surface area contributed by atoms with Crippen LogP contribution in [-0.4, -0.2) is 9.78 Å². The fourth-order valence-electron chi connectivity index (χ4n) is 2.45. The summed E-state index contributed by atoms with van der Waals surface area (Å²) in [5.41, 5.74) is 7.01. The lowest BCUT2D eigenvalue weighted by molar-refractivity contribution is 0.320. The molecular weight excluding hydrogens is 186 g/mol. The predicted octanol–water partition coefficient (Wildman–Crippen LogP) is 2.74. The molecule has 0 spiro atoms. The lowest BCUT2D eigenvalue weighted by atomic mass is 9.87. The molecule has 1 heterocycles. The Morgan fingerprint density at radius 3 is 2.73 bits per heavy atom. The van der Waals surface area contributed by atoms with Gasteiger partial charge in [0.15, 0.2) is 0 Å².